The number of halogens is 2. The highest BCUT2D eigenvalue weighted by Gasteiger charge is 2.33. The molecule has 0 saturated heterocycles. The third-order valence-electron chi connectivity index (χ3n) is 9.26. The molecule has 0 spiro atoms. The Morgan fingerprint density at radius 2 is 1.24 bits per heavy atom. The van der Waals surface area contributed by atoms with E-state index in [1.165, 1.54) is 137 Å². The van der Waals surface area contributed by atoms with Gasteiger partial charge in [0, 0.05) is 42.5 Å². The molecule has 3 rings (SSSR count). The lowest BCUT2D eigenvalue weighted by Gasteiger charge is -2.24. The Hall–Kier alpha value is 0.670. The summed E-state index contributed by atoms with van der Waals surface area (Å²) in [5.74, 6) is 0. The Kier molecular flexibility index (Phi) is 25.7. The van der Waals surface area contributed by atoms with Crippen LogP contribution in [-0.4, -0.2) is 35.3 Å². The van der Waals surface area contributed by atoms with E-state index in [2.05, 4.69) is 87.0 Å². The van der Waals surface area contributed by atoms with Gasteiger partial charge in [-0.05, 0) is 68.7 Å². The first kappa shape index (κ1) is 44.7. The zero-order valence-electron chi connectivity index (χ0n) is 29.9. The van der Waals surface area contributed by atoms with Crippen molar-refractivity contribution in [1.82, 2.24) is 4.90 Å². The molecular weight excluding hydrogens is 848 g/mol. The summed E-state index contributed by atoms with van der Waals surface area (Å²) < 4.78 is 0. The fourth-order valence-electron chi connectivity index (χ4n) is 6.37. The number of hydrogen-bond acceptors (Lipinski definition) is 4. The molecule has 0 saturated carbocycles. The van der Waals surface area contributed by atoms with E-state index >= 15 is 0 Å². The number of allylic oxidation sites excluding steroid dienone is 5. The second-order valence-corrected chi connectivity index (χ2v) is 15.9. The summed E-state index contributed by atoms with van der Waals surface area (Å²) >= 11 is 5.96. The molecule has 4 unspecified atom stereocenters. The van der Waals surface area contributed by atoms with Gasteiger partial charge in [-0.15, -0.1) is 0 Å². The zero-order valence-corrected chi connectivity index (χ0v) is 36.6. The maximum atomic E-state index is 2.56. The van der Waals surface area contributed by atoms with E-state index in [9.17, 15) is 0 Å². The van der Waals surface area contributed by atoms with Crippen LogP contribution in [0.15, 0.2) is 68.2 Å². The van der Waals surface area contributed by atoms with Crippen LogP contribution in [0.3, 0.4) is 0 Å². The number of unbranched alkanes of at least 4 members (excludes halogenated alkanes) is 12. The molecule has 3 nitrogen and oxygen atoms in total. The minimum atomic E-state index is 0. The predicted molar refractivity (Wildman–Crippen MR) is 202 cm³/mol. The van der Waals surface area contributed by atoms with Crippen molar-refractivity contribution < 1.29 is 57.8 Å². The minimum Gasteiger partial charge on any atom is -1.00 e. The van der Waals surface area contributed by atoms with Gasteiger partial charge in [0.1, 0.15) is 11.4 Å². The van der Waals surface area contributed by atoms with Crippen molar-refractivity contribution in [2.75, 3.05) is 19.6 Å². The number of quaternary nitrogens is 2. The van der Waals surface area contributed by atoms with Crippen molar-refractivity contribution in [3.05, 3.63) is 68.2 Å². The molecule has 3 aliphatic heterocycles. The van der Waals surface area contributed by atoms with Gasteiger partial charge in [0.25, 0.3) is 0 Å². The van der Waals surface area contributed by atoms with Crippen molar-refractivity contribution in [2.24, 2.45) is 0 Å². The third-order valence-corrected chi connectivity index (χ3v) is 12.9. The van der Waals surface area contributed by atoms with Crippen LogP contribution >= 0.6 is 35.3 Å². The number of thioether (sulfide) groups is 3. The number of rotatable bonds is 22. The fraction of sp³-hybridized carbons (Fsp3) is 0.684. The molecule has 46 heavy (non-hydrogen) atoms. The fourth-order valence-corrected chi connectivity index (χ4v) is 9.71. The summed E-state index contributed by atoms with van der Waals surface area (Å²) in [6.45, 7) is 17.5. The Morgan fingerprint density at radius 1 is 0.696 bits per heavy atom. The van der Waals surface area contributed by atoms with Gasteiger partial charge in [0.05, 0.1) is 18.1 Å². The Morgan fingerprint density at radius 3 is 1.87 bits per heavy atom. The van der Waals surface area contributed by atoms with E-state index < -0.39 is 0 Å². The molecule has 264 valence electrons. The Balaban J connectivity index is 0.00000529. The largest absolute Gasteiger partial charge is 1.00 e. The van der Waals surface area contributed by atoms with Crippen LogP contribution in [-0.2, 0) is 0 Å². The Bertz CT molecular complexity index is 1040. The molecule has 3 aliphatic rings. The van der Waals surface area contributed by atoms with Crippen molar-refractivity contribution >= 4 is 35.3 Å². The molecule has 8 heteroatoms. The van der Waals surface area contributed by atoms with E-state index in [0.717, 1.165) is 6.54 Å². The van der Waals surface area contributed by atoms with Gasteiger partial charge in [-0.1, -0.05) is 120 Å². The van der Waals surface area contributed by atoms with Gasteiger partial charge in [-0.2, -0.15) is 0 Å². The van der Waals surface area contributed by atoms with E-state index in [0.29, 0.717) is 10.7 Å². The predicted octanol–water partition coefficient (Wildman–Crippen LogP) is 3.78. The standard InChI is InChI=1S/C38H63N3S3.2HI/c1-7-10-13-16-19-26-39-32(4)29-42-36(39)24-22-35(38-41(34(6)31-44-38)28-21-18-15-12-9-3)23-25-37-40(33(5)30-43-37)27-20-17-14-11-8-2;;/h22-25,29-31,36,38H,7-21,26-28H2,1-6H3;2*1H/b24-22+,35-23-,37-25+;;. The number of hydrogen-bond donors (Lipinski definition) is 2. The van der Waals surface area contributed by atoms with E-state index in [1.807, 2.05) is 35.3 Å². The molecule has 0 radical (unpaired) electrons. The molecular formula is C38H65I2N3S3. The van der Waals surface area contributed by atoms with E-state index in [-0.39, 0.29) is 48.0 Å². The maximum Gasteiger partial charge on any atom is 0.168 e. The van der Waals surface area contributed by atoms with E-state index in [1.54, 1.807) is 9.80 Å². The van der Waals surface area contributed by atoms with Crippen LogP contribution in [0.2, 0.25) is 0 Å². The van der Waals surface area contributed by atoms with Crippen LogP contribution in [0, 0.1) is 0 Å². The van der Waals surface area contributed by atoms with Gasteiger partial charge in [-0.3, -0.25) is 9.80 Å². The molecule has 0 aromatic rings. The van der Waals surface area contributed by atoms with Crippen LogP contribution in [0.1, 0.15) is 138 Å². The first-order chi connectivity index (χ1) is 21.5. The lowest BCUT2D eigenvalue weighted by molar-refractivity contribution is -0.863. The highest BCUT2D eigenvalue weighted by atomic mass is 127. The van der Waals surface area contributed by atoms with E-state index in [4.69, 9.17) is 0 Å². The van der Waals surface area contributed by atoms with Gasteiger partial charge in [0.2, 0.25) is 0 Å². The molecule has 3 heterocycles. The highest BCUT2D eigenvalue weighted by Crippen LogP contribution is 2.35. The minimum absolute atomic E-state index is 0. The lowest BCUT2D eigenvalue weighted by atomic mass is 10.1. The summed E-state index contributed by atoms with van der Waals surface area (Å²) in [6, 6.07) is 0. The van der Waals surface area contributed by atoms with Gasteiger partial charge in [0.15, 0.2) is 10.7 Å². The summed E-state index contributed by atoms with van der Waals surface area (Å²) in [4.78, 5) is 5.88. The second kappa shape index (κ2) is 26.5. The molecule has 2 N–H and O–H groups in total. The summed E-state index contributed by atoms with van der Waals surface area (Å²) in [6.07, 6.45) is 30.1. The van der Waals surface area contributed by atoms with Crippen molar-refractivity contribution in [1.29, 1.82) is 0 Å². The first-order valence-corrected chi connectivity index (χ1v) is 20.8. The van der Waals surface area contributed by atoms with Crippen molar-refractivity contribution in [3.8, 4) is 0 Å². The smallest absolute Gasteiger partial charge is 0.168 e. The quantitative estimate of drug-likeness (QED) is 0.0976. The molecule has 4 atom stereocenters. The topological polar surface area (TPSA) is 12.1 Å². The summed E-state index contributed by atoms with van der Waals surface area (Å²) in [5, 5.41) is 9.51. The van der Waals surface area contributed by atoms with Gasteiger partial charge < -0.3 is 52.9 Å². The van der Waals surface area contributed by atoms with Crippen LogP contribution < -0.4 is 57.8 Å². The SMILES string of the molecule is CCCCCCCN1C(C)=CS/C1=C/C=C(/C=C/C1SC=C(C)[NH+]1CCCCCCC)C1SC=C(C)[NH+]1CCCCCCC.[I-].[I-]. The molecule has 0 amide bonds. The second-order valence-electron chi connectivity index (χ2n) is 13.0. The monoisotopic (exact) mass is 913 g/mol. The molecule has 0 aromatic heterocycles. The van der Waals surface area contributed by atoms with Gasteiger partial charge in [-0.25, -0.2) is 0 Å². The van der Waals surface area contributed by atoms with Crippen molar-refractivity contribution in [2.45, 2.75) is 149 Å². The Labute approximate surface area is 331 Å². The number of nitrogens with zero attached hydrogens (tertiary/aromatic N) is 1. The maximum absolute atomic E-state index is 2.56. The molecule has 0 aliphatic carbocycles. The van der Waals surface area contributed by atoms with Crippen molar-refractivity contribution in [3.63, 3.8) is 0 Å². The average molecular weight is 914 g/mol. The molecule has 0 aromatic carbocycles. The summed E-state index contributed by atoms with van der Waals surface area (Å²) in [5.41, 5.74) is 5.89. The number of nitrogens with one attached hydrogen (secondary N) is 2. The normalized spacial score (nSPS) is 24.0. The zero-order chi connectivity index (χ0) is 31.6. The highest BCUT2D eigenvalue weighted by molar-refractivity contribution is 8.06. The third kappa shape index (κ3) is 15.3. The molecule has 0 fully saturated rings. The average Bonchev–Trinajstić information content (AvgIpc) is 3.69. The molecule has 0 bridgehead atoms. The van der Waals surface area contributed by atoms with Gasteiger partial charge >= 0.3 is 0 Å². The lowest BCUT2D eigenvalue weighted by Crippen LogP contribution is -3.12. The van der Waals surface area contributed by atoms with Crippen LogP contribution in [0.4, 0.5) is 0 Å². The van der Waals surface area contributed by atoms with Crippen LogP contribution in [0.5, 0.6) is 0 Å². The summed E-state index contributed by atoms with van der Waals surface area (Å²) in [7, 11) is 0. The first-order valence-electron chi connectivity index (χ1n) is 18.1. The van der Waals surface area contributed by atoms with Crippen LogP contribution in [0.25, 0.3) is 0 Å².